The maximum Gasteiger partial charge on any atom is 0.339 e. The number of hydrogen-bond acceptors (Lipinski definition) is 3. The number of esters is 1. The van der Waals surface area contributed by atoms with Crippen LogP contribution in [-0.4, -0.2) is 19.2 Å². The molecule has 2 aliphatic rings. The normalized spacial score (nSPS) is 24.7. The van der Waals surface area contributed by atoms with E-state index in [0.29, 0.717) is 11.5 Å². The number of methoxy groups -OCH3 is 1. The predicted molar refractivity (Wildman–Crippen MR) is 142 cm³/mol. The molecule has 0 radical (unpaired) electrons. The van der Waals surface area contributed by atoms with Gasteiger partial charge >= 0.3 is 5.97 Å². The number of fused-ring (bicyclic) bond motifs is 4. The van der Waals surface area contributed by atoms with Crippen molar-refractivity contribution >= 4 is 27.5 Å². The molecule has 0 amide bonds. The maximum absolute atomic E-state index is 13.9. The summed E-state index contributed by atoms with van der Waals surface area (Å²) in [5.74, 6) is 1.12. The van der Waals surface area contributed by atoms with Crippen LogP contribution < -0.4 is 4.74 Å². The van der Waals surface area contributed by atoms with Crippen molar-refractivity contribution in [3.8, 4) is 16.9 Å². The van der Waals surface area contributed by atoms with Crippen molar-refractivity contribution in [2.75, 3.05) is 7.11 Å². The topological polar surface area (TPSA) is 35.5 Å². The standard InChI is InChI=1S/C32H32O3/c1-31(2)22-17-18-32(31,3)27(19-22)35-30(33)25-15-13-20-9-5-7-11-23(20)28(25)29-24-12-8-6-10-21(24)14-16-26(29)34-4/h5-16,22,27H,17-19H2,1-4H3/t22-,27-,32+/m1/s1. The van der Waals surface area contributed by atoms with Gasteiger partial charge in [0.15, 0.2) is 0 Å². The second-order valence-electron chi connectivity index (χ2n) is 11.1. The van der Waals surface area contributed by atoms with Crippen LogP contribution in [0.15, 0.2) is 72.8 Å². The van der Waals surface area contributed by atoms with Gasteiger partial charge in [0.25, 0.3) is 0 Å². The number of rotatable bonds is 4. The van der Waals surface area contributed by atoms with Crippen molar-refractivity contribution in [1.29, 1.82) is 0 Å². The van der Waals surface area contributed by atoms with E-state index in [0.717, 1.165) is 51.3 Å². The lowest BCUT2D eigenvalue weighted by atomic mass is 9.70. The summed E-state index contributed by atoms with van der Waals surface area (Å²) in [5, 5.41) is 4.28. The van der Waals surface area contributed by atoms with E-state index in [-0.39, 0.29) is 22.9 Å². The summed E-state index contributed by atoms with van der Waals surface area (Å²) in [7, 11) is 1.69. The SMILES string of the molecule is COc1ccc2ccccc2c1-c1c(C(=O)O[C@@H]2C[C@H]3CC[C@]2(C)C3(C)C)ccc2ccccc12. The van der Waals surface area contributed by atoms with E-state index >= 15 is 0 Å². The van der Waals surface area contributed by atoms with Crippen LogP contribution in [0.1, 0.15) is 50.4 Å². The molecule has 4 aromatic rings. The molecule has 0 spiro atoms. The molecule has 0 aliphatic heterocycles. The van der Waals surface area contributed by atoms with Gasteiger partial charge in [-0.25, -0.2) is 4.79 Å². The third-order valence-corrected chi connectivity index (χ3v) is 9.47. The molecule has 2 bridgehead atoms. The molecule has 0 heterocycles. The fourth-order valence-corrected chi connectivity index (χ4v) is 6.89. The molecule has 3 nitrogen and oxygen atoms in total. The summed E-state index contributed by atoms with van der Waals surface area (Å²) in [5.41, 5.74) is 2.62. The number of benzene rings is 4. The van der Waals surface area contributed by atoms with Gasteiger partial charge in [0, 0.05) is 16.5 Å². The van der Waals surface area contributed by atoms with Gasteiger partial charge in [-0.3, -0.25) is 0 Å². The van der Waals surface area contributed by atoms with Gasteiger partial charge in [-0.1, -0.05) is 81.4 Å². The summed E-state index contributed by atoms with van der Waals surface area (Å²) in [6.45, 7) is 7.01. The lowest BCUT2D eigenvalue weighted by Gasteiger charge is -2.38. The summed E-state index contributed by atoms with van der Waals surface area (Å²) in [6.07, 6.45) is 3.24. The van der Waals surface area contributed by atoms with E-state index in [1.54, 1.807) is 7.11 Å². The summed E-state index contributed by atoms with van der Waals surface area (Å²) < 4.78 is 12.2. The van der Waals surface area contributed by atoms with Crippen LogP contribution in [0.3, 0.4) is 0 Å². The second-order valence-corrected chi connectivity index (χ2v) is 11.1. The highest BCUT2D eigenvalue weighted by Crippen LogP contribution is 2.66. The van der Waals surface area contributed by atoms with Gasteiger partial charge in [-0.05, 0) is 64.3 Å². The molecule has 3 heteroatoms. The smallest absolute Gasteiger partial charge is 0.339 e. The molecule has 2 fully saturated rings. The van der Waals surface area contributed by atoms with E-state index in [4.69, 9.17) is 9.47 Å². The molecule has 2 aliphatic carbocycles. The molecule has 0 saturated heterocycles. The minimum Gasteiger partial charge on any atom is -0.496 e. The van der Waals surface area contributed by atoms with E-state index < -0.39 is 0 Å². The van der Waals surface area contributed by atoms with E-state index in [9.17, 15) is 4.79 Å². The van der Waals surface area contributed by atoms with Crippen molar-refractivity contribution in [3.63, 3.8) is 0 Å². The Kier molecular flexibility index (Phi) is 4.96. The van der Waals surface area contributed by atoms with Crippen LogP contribution in [0.25, 0.3) is 32.7 Å². The Morgan fingerprint density at radius 3 is 2.06 bits per heavy atom. The quantitative estimate of drug-likeness (QED) is 0.287. The highest BCUT2D eigenvalue weighted by atomic mass is 16.5. The Balaban J connectivity index is 1.54. The lowest BCUT2D eigenvalue weighted by Crippen LogP contribution is -2.38. The molecule has 3 atom stereocenters. The molecule has 6 rings (SSSR count). The van der Waals surface area contributed by atoms with E-state index in [1.807, 2.05) is 42.5 Å². The highest BCUT2D eigenvalue weighted by molar-refractivity contribution is 6.14. The first-order valence-electron chi connectivity index (χ1n) is 12.6. The van der Waals surface area contributed by atoms with Crippen LogP contribution >= 0.6 is 0 Å². The molecule has 178 valence electrons. The zero-order valence-corrected chi connectivity index (χ0v) is 20.9. The van der Waals surface area contributed by atoms with Crippen LogP contribution in [0.5, 0.6) is 5.75 Å². The Labute approximate surface area is 207 Å². The zero-order valence-electron chi connectivity index (χ0n) is 20.9. The molecule has 0 unspecified atom stereocenters. The van der Waals surface area contributed by atoms with Gasteiger partial charge in [0.2, 0.25) is 0 Å². The van der Waals surface area contributed by atoms with Gasteiger partial charge < -0.3 is 9.47 Å². The van der Waals surface area contributed by atoms with Crippen LogP contribution in [0.4, 0.5) is 0 Å². The van der Waals surface area contributed by atoms with Crippen molar-refractivity contribution in [3.05, 3.63) is 78.4 Å². The molecular weight excluding hydrogens is 432 g/mol. The monoisotopic (exact) mass is 464 g/mol. The molecule has 2 saturated carbocycles. The van der Waals surface area contributed by atoms with E-state index in [1.165, 1.54) is 6.42 Å². The van der Waals surface area contributed by atoms with Crippen LogP contribution in [-0.2, 0) is 4.74 Å². The summed E-state index contributed by atoms with van der Waals surface area (Å²) in [4.78, 5) is 13.9. The minimum atomic E-state index is -0.240. The summed E-state index contributed by atoms with van der Waals surface area (Å²) >= 11 is 0. The number of hydrogen-bond donors (Lipinski definition) is 0. The van der Waals surface area contributed by atoms with Gasteiger partial charge in [-0.15, -0.1) is 0 Å². The largest absolute Gasteiger partial charge is 0.496 e. The number of carbonyl (C=O) groups excluding carboxylic acids is 1. The number of ether oxygens (including phenoxy) is 2. The van der Waals surface area contributed by atoms with Gasteiger partial charge in [0.05, 0.1) is 12.7 Å². The average molecular weight is 465 g/mol. The molecule has 0 N–H and O–H groups in total. The Hall–Kier alpha value is -3.33. The van der Waals surface area contributed by atoms with Gasteiger partial charge in [-0.2, -0.15) is 0 Å². The minimum absolute atomic E-state index is 0.0153. The Morgan fingerprint density at radius 2 is 1.46 bits per heavy atom. The molecular formula is C32H32O3. The third kappa shape index (κ3) is 3.14. The fourth-order valence-electron chi connectivity index (χ4n) is 6.89. The third-order valence-electron chi connectivity index (χ3n) is 9.47. The predicted octanol–water partition coefficient (Wildman–Crippen LogP) is 8.04. The first kappa shape index (κ1) is 22.2. The molecule has 0 aromatic heterocycles. The first-order chi connectivity index (χ1) is 16.8. The Bertz CT molecular complexity index is 1470. The van der Waals surface area contributed by atoms with Gasteiger partial charge in [0.1, 0.15) is 11.9 Å². The maximum atomic E-state index is 13.9. The van der Waals surface area contributed by atoms with Crippen molar-refractivity contribution in [2.24, 2.45) is 16.7 Å². The lowest BCUT2D eigenvalue weighted by molar-refractivity contribution is -0.0241. The van der Waals surface area contributed by atoms with Crippen LogP contribution in [0.2, 0.25) is 0 Å². The fraction of sp³-hybridized carbons (Fsp3) is 0.344. The number of carbonyl (C=O) groups is 1. The zero-order chi connectivity index (χ0) is 24.4. The van der Waals surface area contributed by atoms with E-state index in [2.05, 4.69) is 51.1 Å². The molecule has 35 heavy (non-hydrogen) atoms. The summed E-state index contributed by atoms with van der Waals surface area (Å²) in [6, 6.07) is 24.5. The molecule has 4 aromatic carbocycles. The second kappa shape index (κ2) is 7.84. The van der Waals surface area contributed by atoms with Crippen molar-refractivity contribution in [1.82, 2.24) is 0 Å². The van der Waals surface area contributed by atoms with Crippen LogP contribution in [0, 0.1) is 16.7 Å². The average Bonchev–Trinajstić information content (AvgIpc) is 3.21. The first-order valence-corrected chi connectivity index (χ1v) is 12.6. The highest BCUT2D eigenvalue weighted by Gasteiger charge is 2.62. The Morgan fingerprint density at radius 1 is 0.829 bits per heavy atom. The van der Waals surface area contributed by atoms with Crippen molar-refractivity contribution < 1.29 is 14.3 Å². The van der Waals surface area contributed by atoms with Crippen molar-refractivity contribution in [2.45, 2.75) is 46.1 Å².